The first-order valence-corrected chi connectivity index (χ1v) is 9.51. The predicted octanol–water partition coefficient (Wildman–Crippen LogP) is 5.19. The Morgan fingerprint density at radius 1 is 1.19 bits per heavy atom. The fraction of sp³-hybridized carbons (Fsp3) is 0.217. The third kappa shape index (κ3) is 5.82. The van der Waals surface area contributed by atoms with Crippen LogP contribution in [-0.4, -0.2) is 41.4 Å². The number of hydrogen-bond donors (Lipinski definition) is 0. The van der Waals surface area contributed by atoms with Crippen molar-refractivity contribution < 1.29 is 31.8 Å². The topological polar surface area (TPSA) is 53.4 Å². The van der Waals surface area contributed by atoms with Gasteiger partial charge in [-0.05, 0) is 48.0 Å². The molecule has 0 N–H and O–H groups in total. The monoisotopic (exact) mass is 448 g/mol. The largest absolute Gasteiger partial charge is 0.496 e. The van der Waals surface area contributed by atoms with Crippen molar-refractivity contribution in [2.75, 3.05) is 13.7 Å². The van der Waals surface area contributed by atoms with Crippen molar-refractivity contribution >= 4 is 11.9 Å². The quantitative estimate of drug-likeness (QED) is 0.243. The second kappa shape index (κ2) is 10.2. The van der Waals surface area contributed by atoms with Gasteiger partial charge >= 0.3 is 12.3 Å². The summed E-state index contributed by atoms with van der Waals surface area (Å²) in [7, 11) is 1.39. The lowest BCUT2D eigenvalue weighted by molar-refractivity contribution is -0.168. The Morgan fingerprint density at radius 2 is 1.94 bits per heavy atom. The number of methoxy groups -OCH3 is 1. The van der Waals surface area contributed by atoms with Crippen molar-refractivity contribution in [2.24, 2.45) is 0 Å². The van der Waals surface area contributed by atoms with Crippen molar-refractivity contribution in [2.45, 2.75) is 19.0 Å². The summed E-state index contributed by atoms with van der Waals surface area (Å²) in [6, 6.07) is 11.8. The van der Waals surface area contributed by atoms with E-state index >= 15 is 0 Å². The van der Waals surface area contributed by atoms with Crippen LogP contribution in [0.3, 0.4) is 0 Å². The Hall–Kier alpha value is -3.46. The van der Waals surface area contributed by atoms with Gasteiger partial charge in [-0.1, -0.05) is 12.1 Å². The van der Waals surface area contributed by atoms with Crippen LogP contribution in [-0.2, 0) is 11.3 Å². The minimum absolute atomic E-state index is 0.229. The molecule has 0 saturated carbocycles. The molecule has 32 heavy (non-hydrogen) atoms. The van der Waals surface area contributed by atoms with Gasteiger partial charge in [0.15, 0.2) is 5.78 Å². The van der Waals surface area contributed by atoms with E-state index in [0.29, 0.717) is 22.4 Å². The fourth-order valence-electron chi connectivity index (χ4n) is 2.85. The number of ketones is 1. The van der Waals surface area contributed by atoms with Crippen LogP contribution in [0.1, 0.15) is 21.5 Å². The maximum Gasteiger partial charge on any atom is 0.330 e. The van der Waals surface area contributed by atoms with Gasteiger partial charge in [0.05, 0.1) is 20.0 Å². The van der Waals surface area contributed by atoms with E-state index in [0.717, 1.165) is 5.69 Å². The molecule has 1 aromatic heterocycles. The molecule has 0 aliphatic carbocycles. The number of halogens is 4. The van der Waals surface area contributed by atoms with Crippen molar-refractivity contribution in [1.82, 2.24) is 9.55 Å². The highest BCUT2D eigenvalue weighted by Crippen LogP contribution is 2.26. The maximum absolute atomic E-state index is 13.0. The van der Waals surface area contributed by atoms with Crippen LogP contribution in [0.4, 0.5) is 17.6 Å². The average Bonchev–Trinajstić information content (AvgIpc) is 3.32. The molecule has 0 amide bonds. The van der Waals surface area contributed by atoms with Crippen LogP contribution in [0.15, 0.2) is 67.3 Å². The van der Waals surface area contributed by atoms with E-state index in [1.54, 1.807) is 67.3 Å². The first kappa shape index (κ1) is 23.2. The molecule has 168 valence electrons. The molecule has 0 bridgehead atoms. The third-order valence-corrected chi connectivity index (χ3v) is 4.56. The Balaban J connectivity index is 1.67. The number of aromatic nitrogens is 2. The highest BCUT2D eigenvalue weighted by Gasteiger charge is 2.40. The summed E-state index contributed by atoms with van der Waals surface area (Å²) >= 11 is 0. The molecule has 2 aromatic carbocycles. The van der Waals surface area contributed by atoms with Gasteiger partial charge in [-0.3, -0.25) is 4.79 Å². The predicted molar refractivity (Wildman–Crippen MR) is 111 cm³/mol. The number of nitrogens with zero attached hydrogens (tertiary/aromatic N) is 2. The highest BCUT2D eigenvalue weighted by molar-refractivity contribution is 6.06. The number of allylic oxidation sites excluding steroid dienone is 1. The van der Waals surface area contributed by atoms with E-state index in [1.807, 2.05) is 4.57 Å². The summed E-state index contributed by atoms with van der Waals surface area (Å²) < 4.78 is 62.3. The minimum atomic E-state index is -4.23. The van der Waals surface area contributed by atoms with Gasteiger partial charge in [-0.2, -0.15) is 8.78 Å². The van der Waals surface area contributed by atoms with Gasteiger partial charge in [-0.25, -0.2) is 13.8 Å². The van der Waals surface area contributed by atoms with E-state index in [1.165, 1.54) is 13.2 Å². The Kier molecular flexibility index (Phi) is 7.42. The Bertz CT molecular complexity index is 1070. The van der Waals surface area contributed by atoms with Crippen LogP contribution in [0.5, 0.6) is 5.75 Å². The summed E-state index contributed by atoms with van der Waals surface area (Å²) in [5.41, 5.74) is 2.32. The molecule has 0 aliphatic heterocycles. The van der Waals surface area contributed by atoms with Crippen LogP contribution >= 0.6 is 0 Å². The normalized spacial score (nSPS) is 11.9. The zero-order chi connectivity index (χ0) is 23.1. The number of alkyl halides is 4. The number of carbonyl (C=O) groups is 1. The van der Waals surface area contributed by atoms with Gasteiger partial charge in [0, 0.05) is 29.2 Å². The molecule has 0 aliphatic rings. The van der Waals surface area contributed by atoms with Crippen LogP contribution in [0.25, 0.3) is 11.8 Å². The summed E-state index contributed by atoms with van der Waals surface area (Å²) in [6.45, 7) is -1.77. The maximum atomic E-state index is 13.0. The molecule has 0 unspecified atom stereocenters. The first-order valence-electron chi connectivity index (χ1n) is 9.51. The van der Waals surface area contributed by atoms with Crippen LogP contribution in [0.2, 0.25) is 0 Å². The number of carbonyl (C=O) groups excluding carboxylic acids is 1. The summed E-state index contributed by atoms with van der Waals surface area (Å²) in [4.78, 5) is 16.4. The summed E-state index contributed by atoms with van der Waals surface area (Å²) in [5.74, 6) is -4.11. The molecule has 0 radical (unpaired) electrons. The van der Waals surface area contributed by atoms with Gasteiger partial charge in [-0.15, -0.1) is 0 Å². The molecular formula is C23H20F4N2O3. The van der Waals surface area contributed by atoms with Crippen molar-refractivity contribution in [3.05, 3.63) is 84.0 Å². The first-order chi connectivity index (χ1) is 15.3. The molecule has 9 heteroatoms. The average molecular weight is 448 g/mol. The lowest BCUT2D eigenvalue weighted by Gasteiger charge is -2.16. The minimum Gasteiger partial charge on any atom is -0.496 e. The van der Waals surface area contributed by atoms with Gasteiger partial charge < -0.3 is 14.0 Å². The van der Waals surface area contributed by atoms with Crippen molar-refractivity contribution in [3.8, 4) is 11.4 Å². The van der Waals surface area contributed by atoms with E-state index in [2.05, 4.69) is 4.98 Å². The summed E-state index contributed by atoms with van der Waals surface area (Å²) in [5, 5.41) is 0. The molecule has 0 spiro atoms. The third-order valence-electron chi connectivity index (χ3n) is 4.56. The van der Waals surface area contributed by atoms with Gasteiger partial charge in [0.25, 0.3) is 0 Å². The van der Waals surface area contributed by atoms with E-state index < -0.39 is 19.0 Å². The Labute approximate surface area is 181 Å². The molecule has 0 fully saturated rings. The highest BCUT2D eigenvalue weighted by atomic mass is 19.3. The molecule has 3 aromatic rings. The number of benzene rings is 2. The molecular weight excluding hydrogens is 428 g/mol. The molecule has 1 heterocycles. The van der Waals surface area contributed by atoms with Crippen LogP contribution in [0, 0.1) is 0 Å². The second-order valence-corrected chi connectivity index (χ2v) is 6.84. The van der Waals surface area contributed by atoms with Crippen molar-refractivity contribution in [3.63, 3.8) is 0 Å². The molecule has 0 atom stereocenters. The summed E-state index contributed by atoms with van der Waals surface area (Å²) in [6.07, 6.45) is 4.22. The smallest absolute Gasteiger partial charge is 0.330 e. The molecule has 5 nitrogen and oxygen atoms in total. The molecule has 3 rings (SSSR count). The van der Waals surface area contributed by atoms with Crippen LogP contribution < -0.4 is 4.74 Å². The number of rotatable bonds is 10. The zero-order valence-electron chi connectivity index (χ0n) is 17.1. The Morgan fingerprint density at radius 3 is 2.56 bits per heavy atom. The zero-order valence-corrected chi connectivity index (χ0v) is 17.1. The van der Waals surface area contributed by atoms with Gasteiger partial charge in [0.2, 0.25) is 0 Å². The van der Waals surface area contributed by atoms with Gasteiger partial charge in [0.1, 0.15) is 12.4 Å². The SMILES string of the molecule is COc1ccc(/C=C/C(=O)c2ccc(-n3ccnc3)cc2)cc1COCC(F)(F)C(F)F. The lowest BCUT2D eigenvalue weighted by Crippen LogP contribution is -2.32. The van der Waals surface area contributed by atoms with E-state index in [9.17, 15) is 22.4 Å². The molecule has 0 saturated heterocycles. The van der Waals surface area contributed by atoms with Crippen molar-refractivity contribution in [1.29, 1.82) is 0 Å². The van der Waals surface area contributed by atoms with E-state index in [4.69, 9.17) is 9.47 Å². The lowest BCUT2D eigenvalue weighted by atomic mass is 10.1. The number of imidazole rings is 1. The number of hydrogen-bond acceptors (Lipinski definition) is 4. The van der Waals surface area contributed by atoms with E-state index in [-0.39, 0.29) is 12.4 Å². The number of ether oxygens (including phenoxy) is 2. The standard InChI is InChI=1S/C23H20F4N2O3/c1-31-21-9-3-16(12-18(21)13-32-14-23(26,27)22(24)25)2-8-20(30)17-4-6-19(7-5-17)29-11-10-28-15-29/h2-12,15,22H,13-14H2,1H3/b8-2+. The fourth-order valence-corrected chi connectivity index (χ4v) is 2.85. The second-order valence-electron chi connectivity index (χ2n) is 6.84.